The van der Waals surface area contributed by atoms with Crippen LogP contribution in [0.5, 0.6) is 5.75 Å². The zero-order chi connectivity index (χ0) is 13.2. The standard InChI is InChI=1S/C14H20O4/c1-3-7-17-8-9-18-11-14(15)12-5-4-6-13(10-12)16-2/h4-6,10H,3,7-9,11H2,1-2H3. The minimum absolute atomic E-state index is 0.0515. The van der Waals surface area contributed by atoms with Crippen LogP contribution in [0.3, 0.4) is 0 Å². The second-order valence-electron chi connectivity index (χ2n) is 3.82. The predicted octanol–water partition coefficient (Wildman–Crippen LogP) is 2.32. The van der Waals surface area contributed by atoms with Gasteiger partial charge >= 0.3 is 0 Å². The molecule has 0 spiro atoms. The maximum atomic E-state index is 11.8. The van der Waals surface area contributed by atoms with Crippen molar-refractivity contribution in [1.82, 2.24) is 0 Å². The molecule has 0 aromatic heterocycles. The van der Waals surface area contributed by atoms with Crippen LogP contribution in [0.2, 0.25) is 0 Å². The van der Waals surface area contributed by atoms with Crippen molar-refractivity contribution >= 4 is 5.78 Å². The average molecular weight is 252 g/mol. The van der Waals surface area contributed by atoms with Gasteiger partial charge in [0.1, 0.15) is 12.4 Å². The summed E-state index contributed by atoms with van der Waals surface area (Å²) >= 11 is 0. The number of Topliss-reactive ketones (excluding diaryl/α,β-unsaturated/α-hetero) is 1. The largest absolute Gasteiger partial charge is 0.497 e. The van der Waals surface area contributed by atoms with Crippen molar-refractivity contribution in [1.29, 1.82) is 0 Å². The van der Waals surface area contributed by atoms with Gasteiger partial charge in [0.15, 0.2) is 5.78 Å². The van der Waals surface area contributed by atoms with Crippen molar-refractivity contribution in [3.05, 3.63) is 29.8 Å². The first-order valence-electron chi connectivity index (χ1n) is 6.10. The highest BCUT2D eigenvalue weighted by atomic mass is 16.5. The smallest absolute Gasteiger partial charge is 0.188 e. The van der Waals surface area contributed by atoms with Crippen molar-refractivity contribution in [2.75, 3.05) is 33.5 Å². The second-order valence-corrected chi connectivity index (χ2v) is 3.82. The normalized spacial score (nSPS) is 10.3. The number of ether oxygens (including phenoxy) is 3. The van der Waals surface area contributed by atoms with Crippen molar-refractivity contribution < 1.29 is 19.0 Å². The maximum absolute atomic E-state index is 11.8. The molecule has 0 bridgehead atoms. The first-order valence-corrected chi connectivity index (χ1v) is 6.10. The molecule has 100 valence electrons. The van der Waals surface area contributed by atoms with Crippen molar-refractivity contribution in [2.45, 2.75) is 13.3 Å². The predicted molar refractivity (Wildman–Crippen MR) is 69.3 cm³/mol. The summed E-state index contributed by atoms with van der Waals surface area (Å²) in [7, 11) is 1.57. The Morgan fingerprint density at radius 1 is 1.17 bits per heavy atom. The number of hydrogen-bond acceptors (Lipinski definition) is 4. The Morgan fingerprint density at radius 3 is 2.67 bits per heavy atom. The molecule has 0 aliphatic heterocycles. The van der Waals surface area contributed by atoms with E-state index < -0.39 is 0 Å². The Balaban J connectivity index is 2.27. The van der Waals surface area contributed by atoms with Gasteiger partial charge in [-0.1, -0.05) is 19.1 Å². The number of ketones is 1. The van der Waals surface area contributed by atoms with Gasteiger partial charge in [0.25, 0.3) is 0 Å². The Kier molecular flexibility index (Phi) is 7.06. The molecule has 0 heterocycles. The van der Waals surface area contributed by atoms with E-state index in [-0.39, 0.29) is 12.4 Å². The molecule has 0 aliphatic rings. The van der Waals surface area contributed by atoms with Crippen LogP contribution in [0.25, 0.3) is 0 Å². The third-order valence-corrected chi connectivity index (χ3v) is 2.35. The number of hydrogen-bond donors (Lipinski definition) is 0. The molecule has 1 aromatic carbocycles. The molecule has 0 saturated heterocycles. The average Bonchev–Trinajstić information content (AvgIpc) is 2.42. The summed E-state index contributed by atoms with van der Waals surface area (Å²) < 4.78 is 15.6. The minimum atomic E-state index is -0.0515. The lowest BCUT2D eigenvalue weighted by Gasteiger charge is -2.05. The van der Waals surface area contributed by atoms with E-state index in [1.54, 1.807) is 31.4 Å². The highest BCUT2D eigenvalue weighted by Gasteiger charge is 2.06. The van der Waals surface area contributed by atoms with E-state index in [4.69, 9.17) is 14.2 Å². The maximum Gasteiger partial charge on any atom is 0.188 e. The van der Waals surface area contributed by atoms with Gasteiger partial charge in [-0.05, 0) is 18.6 Å². The van der Waals surface area contributed by atoms with Crippen LogP contribution < -0.4 is 4.74 Å². The zero-order valence-electron chi connectivity index (χ0n) is 11.0. The molecule has 0 amide bonds. The Morgan fingerprint density at radius 2 is 1.94 bits per heavy atom. The van der Waals surface area contributed by atoms with Crippen LogP contribution >= 0.6 is 0 Å². The van der Waals surface area contributed by atoms with Gasteiger partial charge < -0.3 is 14.2 Å². The molecular weight excluding hydrogens is 232 g/mol. The lowest BCUT2D eigenvalue weighted by molar-refractivity contribution is 0.0441. The third-order valence-electron chi connectivity index (χ3n) is 2.35. The fourth-order valence-electron chi connectivity index (χ4n) is 1.41. The van der Waals surface area contributed by atoms with Gasteiger partial charge in [0.05, 0.1) is 20.3 Å². The first-order chi connectivity index (χ1) is 8.77. The van der Waals surface area contributed by atoms with Crippen LogP contribution in [-0.2, 0) is 9.47 Å². The summed E-state index contributed by atoms with van der Waals surface area (Å²) in [6.45, 7) is 3.82. The van der Waals surface area contributed by atoms with Crippen LogP contribution in [0.15, 0.2) is 24.3 Å². The highest BCUT2D eigenvalue weighted by Crippen LogP contribution is 2.12. The molecule has 18 heavy (non-hydrogen) atoms. The monoisotopic (exact) mass is 252 g/mol. The van der Waals surface area contributed by atoms with E-state index in [1.165, 1.54) is 0 Å². The molecule has 1 rings (SSSR count). The van der Waals surface area contributed by atoms with Crippen LogP contribution in [0.4, 0.5) is 0 Å². The Bertz CT molecular complexity index is 363. The molecule has 0 unspecified atom stereocenters. The van der Waals surface area contributed by atoms with Gasteiger partial charge in [-0.25, -0.2) is 0 Å². The molecule has 0 N–H and O–H groups in total. The van der Waals surface area contributed by atoms with E-state index in [2.05, 4.69) is 0 Å². The van der Waals surface area contributed by atoms with E-state index in [0.29, 0.717) is 24.5 Å². The zero-order valence-corrected chi connectivity index (χ0v) is 11.0. The highest BCUT2D eigenvalue weighted by molar-refractivity contribution is 5.97. The molecule has 1 aromatic rings. The molecule has 0 radical (unpaired) electrons. The minimum Gasteiger partial charge on any atom is -0.497 e. The van der Waals surface area contributed by atoms with Gasteiger partial charge in [-0.2, -0.15) is 0 Å². The lowest BCUT2D eigenvalue weighted by Crippen LogP contribution is -2.12. The fraction of sp³-hybridized carbons (Fsp3) is 0.500. The quantitative estimate of drug-likeness (QED) is 0.500. The number of carbonyl (C=O) groups excluding carboxylic acids is 1. The summed E-state index contributed by atoms with van der Waals surface area (Å²) in [5, 5.41) is 0. The number of rotatable bonds is 9. The van der Waals surface area contributed by atoms with Gasteiger partial charge in [-0.15, -0.1) is 0 Å². The van der Waals surface area contributed by atoms with Crippen LogP contribution in [0, 0.1) is 0 Å². The molecule has 0 aliphatic carbocycles. The molecule has 4 nitrogen and oxygen atoms in total. The number of benzene rings is 1. The van der Waals surface area contributed by atoms with E-state index in [9.17, 15) is 4.79 Å². The number of carbonyl (C=O) groups is 1. The van der Waals surface area contributed by atoms with Crippen molar-refractivity contribution in [3.63, 3.8) is 0 Å². The van der Waals surface area contributed by atoms with Crippen molar-refractivity contribution in [3.8, 4) is 5.75 Å². The van der Waals surface area contributed by atoms with E-state index in [0.717, 1.165) is 13.0 Å². The van der Waals surface area contributed by atoms with E-state index >= 15 is 0 Å². The summed E-state index contributed by atoms with van der Waals surface area (Å²) in [4.78, 5) is 11.8. The summed E-state index contributed by atoms with van der Waals surface area (Å²) in [5.41, 5.74) is 0.601. The van der Waals surface area contributed by atoms with E-state index in [1.807, 2.05) is 6.92 Å². The molecule has 4 heteroatoms. The van der Waals surface area contributed by atoms with Gasteiger partial charge in [-0.3, -0.25) is 4.79 Å². The number of methoxy groups -OCH3 is 1. The van der Waals surface area contributed by atoms with Crippen LogP contribution in [-0.4, -0.2) is 39.3 Å². The Labute approximate surface area is 108 Å². The molecule has 0 atom stereocenters. The topological polar surface area (TPSA) is 44.8 Å². The second kappa shape index (κ2) is 8.66. The Hall–Kier alpha value is -1.39. The fourth-order valence-corrected chi connectivity index (χ4v) is 1.41. The third kappa shape index (κ3) is 5.29. The summed E-state index contributed by atoms with van der Waals surface area (Å²) in [6.07, 6.45) is 0.989. The molecule has 0 saturated carbocycles. The van der Waals surface area contributed by atoms with Gasteiger partial charge in [0.2, 0.25) is 0 Å². The SMILES string of the molecule is CCCOCCOCC(=O)c1cccc(OC)c1. The van der Waals surface area contributed by atoms with Gasteiger partial charge in [0, 0.05) is 12.2 Å². The molecular formula is C14H20O4. The summed E-state index contributed by atoms with van der Waals surface area (Å²) in [5.74, 6) is 0.622. The lowest BCUT2D eigenvalue weighted by atomic mass is 10.1. The van der Waals surface area contributed by atoms with Crippen LogP contribution in [0.1, 0.15) is 23.7 Å². The molecule has 0 fully saturated rings. The summed E-state index contributed by atoms with van der Waals surface area (Å²) in [6, 6.07) is 7.05. The first kappa shape index (κ1) is 14.7. The van der Waals surface area contributed by atoms with Crippen molar-refractivity contribution in [2.24, 2.45) is 0 Å².